The highest BCUT2D eigenvalue weighted by atomic mass is 79.9. The van der Waals surface area contributed by atoms with Crippen molar-refractivity contribution in [3.05, 3.63) is 22.2 Å². The van der Waals surface area contributed by atoms with Crippen molar-refractivity contribution in [3.8, 4) is 11.5 Å². The minimum atomic E-state index is 0.118. The lowest BCUT2D eigenvalue weighted by Crippen LogP contribution is -2.18. The van der Waals surface area contributed by atoms with Crippen LogP contribution < -0.4 is 14.8 Å². The Kier molecular flexibility index (Phi) is 7.38. The molecule has 4 heteroatoms. The van der Waals surface area contributed by atoms with Gasteiger partial charge in [-0.05, 0) is 44.9 Å². The number of benzene rings is 1. The second-order valence-electron chi connectivity index (χ2n) is 5.58. The molecule has 0 unspecified atom stereocenters. The molecule has 0 aliphatic rings. The normalized spacial score (nSPS) is 11.2. The van der Waals surface area contributed by atoms with E-state index in [4.69, 9.17) is 9.47 Å². The molecular weight excluding hydrogens is 318 g/mol. The molecule has 0 saturated heterocycles. The summed E-state index contributed by atoms with van der Waals surface area (Å²) in [6, 6.07) is 3.94. The van der Waals surface area contributed by atoms with Crippen molar-refractivity contribution in [2.45, 2.75) is 46.8 Å². The highest BCUT2D eigenvalue weighted by molar-refractivity contribution is 9.10. The second kappa shape index (κ2) is 8.53. The maximum atomic E-state index is 5.93. The van der Waals surface area contributed by atoms with Crippen LogP contribution in [0.2, 0.25) is 0 Å². The van der Waals surface area contributed by atoms with Crippen molar-refractivity contribution in [1.82, 2.24) is 5.32 Å². The van der Waals surface area contributed by atoms with Gasteiger partial charge in [0.15, 0.2) is 11.5 Å². The van der Waals surface area contributed by atoms with Crippen molar-refractivity contribution in [2.24, 2.45) is 5.92 Å². The van der Waals surface area contributed by atoms with E-state index in [1.165, 1.54) is 6.42 Å². The van der Waals surface area contributed by atoms with Crippen LogP contribution >= 0.6 is 15.9 Å². The number of hydrogen-bond acceptors (Lipinski definition) is 3. The minimum absolute atomic E-state index is 0.118. The summed E-state index contributed by atoms with van der Waals surface area (Å²) in [5.41, 5.74) is 1.11. The average molecular weight is 344 g/mol. The van der Waals surface area contributed by atoms with Crippen molar-refractivity contribution < 1.29 is 9.47 Å². The van der Waals surface area contributed by atoms with Crippen LogP contribution in [0.15, 0.2) is 16.6 Å². The van der Waals surface area contributed by atoms with E-state index in [9.17, 15) is 0 Å². The highest BCUT2D eigenvalue weighted by Gasteiger charge is 2.15. The summed E-state index contributed by atoms with van der Waals surface area (Å²) in [5.74, 6) is 2.32. The molecule has 1 aromatic carbocycles. The number of halogens is 1. The maximum absolute atomic E-state index is 5.93. The smallest absolute Gasteiger partial charge is 0.167 e. The molecular formula is C16H26BrNO2. The summed E-state index contributed by atoms with van der Waals surface area (Å²) < 4.78 is 12.4. The topological polar surface area (TPSA) is 30.5 Å². The van der Waals surface area contributed by atoms with Gasteiger partial charge in [0.05, 0.1) is 13.2 Å². The Labute approximate surface area is 131 Å². The fourth-order valence-electron chi connectivity index (χ4n) is 1.88. The monoisotopic (exact) mass is 343 g/mol. The van der Waals surface area contributed by atoms with Crippen LogP contribution in [0.25, 0.3) is 0 Å². The van der Waals surface area contributed by atoms with E-state index in [1.807, 2.05) is 26.0 Å². The number of hydrogen-bond donors (Lipinski definition) is 1. The van der Waals surface area contributed by atoms with Crippen LogP contribution in [0.4, 0.5) is 0 Å². The van der Waals surface area contributed by atoms with Gasteiger partial charge in [-0.1, -0.05) is 29.8 Å². The lowest BCUT2D eigenvalue weighted by molar-refractivity contribution is 0.227. The molecule has 1 aromatic rings. The first-order valence-electron chi connectivity index (χ1n) is 7.18. The molecule has 0 aliphatic heterocycles. The Morgan fingerprint density at radius 3 is 2.45 bits per heavy atom. The van der Waals surface area contributed by atoms with Gasteiger partial charge in [-0.25, -0.2) is 0 Å². The molecule has 0 heterocycles. The summed E-state index contributed by atoms with van der Waals surface area (Å²) in [5, 5.41) is 3.47. The first kappa shape index (κ1) is 17.3. The molecule has 0 aromatic heterocycles. The van der Waals surface area contributed by atoms with E-state index in [2.05, 4.69) is 35.1 Å². The predicted molar refractivity (Wildman–Crippen MR) is 87.6 cm³/mol. The Morgan fingerprint density at radius 1 is 1.20 bits per heavy atom. The Bertz CT molecular complexity index is 419. The molecule has 1 N–H and O–H groups in total. The van der Waals surface area contributed by atoms with Gasteiger partial charge >= 0.3 is 0 Å². The summed E-state index contributed by atoms with van der Waals surface area (Å²) >= 11 is 3.61. The van der Waals surface area contributed by atoms with Gasteiger partial charge in [0.1, 0.15) is 0 Å². The molecule has 0 bridgehead atoms. The van der Waals surface area contributed by atoms with Gasteiger partial charge < -0.3 is 14.8 Å². The second-order valence-corrected chi connectivity index (χ2v) is 6.44. The predicted octanol–water partition coefficient (Wildman–Crippen LogP) is 4.38. The third-order valence-electron chi connectivity index (χ3n) is 2.94. The van der Waals surface area contributed by atoms with E-state index < -0.39 is 0 Å². The third kappa shape index (κ3) is 5.33. The number of nitrogens with one attached hydrogen (secondary N) is 1. The van der Waals surface area contributed by atoms with Gasteiger partial charge in [0.2, 0.25) is 0 Å². The summed E-state index contributed by atoms with van der Waals surface area (Å²) in [4.78, 5) is 0. The molecule has 0 aliphatic carbocycles. The quantitative estimate of drug-likeness (QED) is 0.710. The Hall–Kier alpha value is -0.740. The molecule has 0 fully saturated rings. The van der Waals surface area contributed by atoms with Crippen molar-refractivity contribution in [2.75, 3.05) is 13.7 Å². The fraction of sp³-hybridized carbons (Fsp3) is 0.625. The van der Waals surface area contributed by atoms with E-state index in [-0.39, 0.29) is 6.10 Å². The zero-order chi connectivity index (χ0) is 15.1. The van der Waals surface area contributed by atoms with Crippen LogP contribution in [-0.4, -0.2) is 19.8 Å². The highest BCUT2D eigenvalue weighted by Crippen LogP contribution is 2.36. The van der Waals surface area contributed by atoms with Crippen molar-refractivity contribution in [3.63, 3.8) is 0 Å². The van der Waals surface area contributed by atoms with E-state index >= 15 is 0 Å². The molecule has 0 radical (unpaired) electrons. The first-order chi connectivity index (χ1) is 9.45. The molecule has 0 atom stereocenters. The third-order valence-corrected chi connectivity index (χ3v) is 3.68. The number of methoxy groups -OCH3 is 1. The van der Waals surface area contributed by atoms with Gasteiger partial charge in [-0.2, -0.15) is 0 Å². The van der Waals surface area contributed by atoms with Crippen molar-refractivity contribution in [1.29, 1.82) is 0 Å². The van der Waals surface area contributed by atoms with Crippen molar-refractivity contribution >= 4 is 15.9 Å². The van der Waals surface area contributed by atoms with Crippen LogP contribution in [0.3, 0.4) is 0 Å². The largest absolute Gasteiger partial charge is 0.493 e. The van der Waals surface area contributed by atoms with Crippen LogP contribution in [0, 0.1) is 5.92 Å². The fourth-order valence-corrected chi connectivity index (χ4v) is 2.33. The van der Waals surface area contributed by atoms with Gasteiger partial charge in [-0.15, -0.1) is 0 Å². The van der Waals surface area contributed by atoms with E-state index in [0.29, 0.717) is 5.92 Å². The standard InChI is InChI=1S/C16H26BrNO2/c1-11(2)8-9-18-10-13-14(17)6-7-15(19-5)16(13)20-12(3)4/h6-7,11-12,18H,8-10H2,1-5H3. The lowest BCUT2D eigenvalue weighted by Gasteiger charge is -2.19. The van der Waals surface area contributed by atoms with Gasteiger partial charge in [0, 0.05) is 16.6 Å². The van der Waals surface area contributed by atoms with E-state index in [0.717, 1.165) is 34.6 Å². The Balaban J connectivity index is 2.85. The summed E-state index contributed by atoms with van der Waals surface area (Å²) in [7, 11) is 1.67. The van der Waals surface area contributed by atoms with Crippen LogP contribution in [-0.2, 0) is 6.54 Å². The van der Waals surface area contributed by atoms with Crippen LogP contribution in [0.1, 0.15) is 39.7 Å². The maximum Gasteiger partial charge on any atom is 0.167 e. The van der Waals surface area contributed by atoms with Gasteiger partial charge in [0.25, 0.3) is 0 Å². The first-order valence-corrected chi connectivity index (χ1v) is 7.97. The summed E-state index contributed by atoms with van der Waals surface area (Å²) in [6.07, 6.45) is 1.29. The molecule has 0 amide bonds. The minimum Gasteiger partial charge on any atom is -0.493 e. The lowest BCUT2D eigenvalue weighted by atomic mass is 10.1. The van der Waals surface area contributed by atoms with E-state index in [1.54, 1.807) is 7.11 Å². The Morgan fingerprint density at radius 2 is 1.90 bits per heavy atom. The SMILES string of the molecule is COc1ccc(Br)c(CNCCC(C)C)c1OC(C)C. The molecule has 1 rings (SSSR count). The number of rotatable bonds is 8. The number of ether oxygens (including phenoxy) is 2. The molecule has 0 spiro atoms. The zero-order valence-electron chi connectivity index (χ0n) is 13.1. The van der Waals surface area contributed by atoms with Crippen LogP contribution in [0.5, 0.6) is 11.5 Å². The molecule has 114 valence electrons. The molecule has 0 saturated carbocycles. The summed E-state index contributed by atoms with van der Waals surface area (Å²) in [6.45, 7) is 10.3. The molecule has 20 heavy (non-hydrogen) atoms. The molecule has 3 nitrogen and oxygen atoms in total. The zero-order valence-corrected chi connectivity index (χ0v) is 14.7. The average Bonchev–Trinajstić information content (AvgIpc) is 2.36. The van der Waals surface area contributed by atoms with Gasteiger partial charge in [-0.3, -0.25) is 0 Å².